The number of aromatic nitrogens is 3. The zero-order valence-corrected chi connectivity index (χ0v) is 16.7. The zero-order chi connectivity index (χ0) is 20.5. The van der Waals surface area contributed by atoms with E-state index in [-0.39, 0.29) is 22.4 Å². The first-order valence-corrected chi connectivity index (χ1v) is 9.90. The highest BCUT2D eigenvalue weighted by Crippen LogP contribution is 2.28. The van der Waals surface area contributed by atoms with Crippen molar-refractivity contribution in [1.82, 2.24) is 14.6 Å². The maximum atomic E-state index is 12.3. The summed E-state index contributed by atoms with van der Waals surface area (Å²) in [6, 6.07) is 14.0. The molecule has 29 heavy (non-hydrogen) atoms. The molecule has 1 amide bonds. The van der Waals surface area contributed by atoms with Crippen LogP contribution in [0.3, 0.4) is 0 Å². The van der Waals surface area contributed by atoms with E-state index in [2.05, 4.69) is 15.5 Å². The highest BCUT2D eigenvalue weighted by molar-refractivity contribution is 7.99. The predicted molar refractivity (Wildman–Crippen MR) is 113 cm³/mol. The standard InChI is InChI=1S/C19H14ClN5O3S/c1-11-8-17-22-23-19(24(17)15-5-3-2-4-13(11)15)29-10-18(26)21-12-6-7-14(20)16(9-12)25(27)28/h2-9H,10H2,1H3,(H,21,26). The van der Waals surface area contributed by atoms with E-state index in [1.54, 1.807) is 0 Å². The van der Waals surface area contributed by atoms with Gasteiger partial charge < -0.3 is 5.32 Å². The third-order valence-electron chi connectivity index (χ3n) is 4.33. The van der Waals surface area contributed by atoms with Gasteiger partial charge in [0.05, 0.1) is 16.2 Å². The first-order valence-electron chi connectivity index (χ1n) is 8.54. The van der Waals surface area contributed by atoms with Gasteiger partial charge in [-0.05, 0) is 36.8 Å². The van der Waals surface area contributed by atoms with Crippen molar-refractivity contribution in [3.05, 3.63) is 69.2 Å². The van der Waals surface area contributed by atoms with Crippen molar-refractivity contribution in [2.45, 2.75) is 12.1 Å². The Balaban J connectivity index is 1.54. The van der Waals surface area contributed by atoms with Crippen LogP contribution in [0.25, 0.3) is 16.6 Å². The van der Waals surface area contributed by atoms with Gasteiger partial charge in [-0.3, -0.25) is 19.3 Å². The minimum Gasteiger partial charge on any atom is -0.325 e. The Bertz CT molecular complexity index is 1270. The lowest BCUT2D eigenvalue weighted by atomic mass is 10.1. The maximum absolute atomic E-state index is 12.3. The van der Waals surface area contributed by atoms with E-state index in [1.165, 1.54) is 30.0 Å². The number of anilines is 1. The molecule has 10 heteroatoms. The molecule has 0 unspecified atom stereocenters. The number of fused-ring (bicyclic) bond motifs is 3. The SMILES string of the molecule is Cc1cc2nnc(SCC(=O)Nc3ccc(Cl)c([N+](=O)[O-])c3)n2c2ccccc12. The highest BCUT2D eigenvalue weighted by atomic mass is 35.5. The van der Waals surface area contributed by atoms with Crippen molar-refractivity contribution in [2.24, 2.45) is 0 Å². The Morgan fingerprint density at radius 3 is 2.83 bits per heavy atom. The van der Waals surface area contributed by atoms with Crippen molar-refractivity contribution in [1.29, 1.82) is 0 Å². The maximum Gasteiger partial charge on any atom is 0.289 e. The topological polar surface area (TPSA) is 102 Å². The summed E-state index contributed by atoms with van der Waals surface area (Å²) < 4.78 is 1.91. The summed E-state index contributed by atoms with van der Waals surface area (Å²) >= 11 is 7.03. The van der Waals surface area contributed by atoms with Gasteiger partial charge in [0.1, 0.15) is 5.02 Å². The molecule has 4 rings (SSSR count). The van der Waals surface area contributed by atoms with Crippen molar-refractivity contribution >= 4 is 57.2 Å². The van der Waals surface area contributed by atoms with Crippen LogP contribution in [0.4, 0.5) is 11.4 Å². The van der Waals surface area contributed by atoms with E-state index in [1.807, 2.05) is 41.7 Å². The number of nitrogens with one attached hydrogen (secondary N) is 1. The number of nitrogens with zero attached hydrogens (tertiary/aromatic N) is 4. The van der Waals surface area contributed by atoms with E-state index in [0.29, 0.717) is 16.5 Å². The first-order chi connectivity index (χ1) is 13.9. The van der Waals surface area contributed by atoms with E-state index in [4.69, 9.17) is 11.6 Å². The van der Waals surface area contributed by atoms with E-state index in [0.717, 1.165) is 16.5 Å². The van der Waals surface area contributed by atoms with E-state index < -0.39 is 4.92 Å². The molecule has 0 bridgehead atoms. The van der Waals surface area contributed by atoms with Gasteiger partial charge in [0.15, 0.2) is 10.8 Å². The summed E-state index contributed by atoms with van der Waals surface area (Å²) in [6.45, 7) is 2.02. The molecule has 0 saturated heterocycles. The molecule has 146 valence electrons. The number of halogens is 1. The normalized spacial score (nSPS) is 11.1. The number of carbonyl (C=O) groups excluding carboxylic acids is 1. The number of nitro benzene ring substituents is 1. The van der Waals surface area contributed by atoms with Gasteiger partial charge in [-0.25, -0.2) is 0 Å². The molecular formula is C19H14ClN5O3S. The van der Waals surface area contributed by atoms with Gasteiger partial charge in [-0.2, -0.15) is 0 Å². The fourth-order valence-corrected chi connectivity index (χ4v) is 3.96. The molecule has 4 aromatic rings. The second-order valence-electron chi connectivity index (χ2n) is 6.28. The average molecular weight is 428 g/mol. The smallest absolute Gasteiger partial charge is 0.289 e. The summed E-state index contributed by atoms with van der Waals surface area (Å²) in [5, 5.41) is 23.7. The number of amides is 1. The van der Waals surface area contributed by atoms with Gasteiger partial charge in [-0.15, -0.1) is 10.2 Å². The number of benzene rings is 2. The van der Waals surface area contributed by atoms with Crippen LogP contribution in [0.5, 0.6) is 0 Å². The lowest BCUT2D eigenvalue weighted by Crippen LogP contribution is -2.14. The molecule has 0 aliphatic heterocycles. The second-order valence-corrected chi connectivity index (χ2v) is 7.63. The molecule has 0 aliphatic carbocycles. The molecule has 2 aromatic heterocycles. The monoisotopic (exact) mass is 427 g/mol. The van der Waals surface area contributed by atoms with Gasteiger partial charge in [0.2, 0.25) is 5.91 Å². The summed E-state index contributed by atoms with van der Waals surface area (Å²) in [5.74, 6) is -0.251. The molecule has 8 nitrogen and oxygen atoms in total. The van der Waals surface area contributed by atoms with Crippen molar-refractivity contribution in [2.75, 3.05) is 11.1 Å². The lowest BCUT2D eigenvalue weighted by molar-refractivity contribution is -0.384. The quantitative estimate of drug-likeness (QED) is 0.286. The lowest BCUT2D eigenvalue weighted by Gasteiger charge is -2.08. The van der Waals surface area contributed by atoms with Crippen molar-refractivity contribution in [3.63, 3.8) is 0 Å². The Kier molecular flexibility index (Phi) is 5.08. The summed E-state index contributed by atoms with van der Waals surface area (Å²) in [6.07, 6.45) is 0. The largest absolute Gasteiger partial charge is 0.325 e. The number of thioether (sulfide) groups is 1. The molecule has 0 aliphatic rings. The van der Waals surface area contributed by atoms with Crippen LogP contribution in [0.2, 0.25) is 5.02 Å². The number of para-hydroxylation sites is 1. The molecule has 1 N–H and O–H groups in total. The number of hydrogen-bond acceptors (Lipinski definition) is 6. The van der Waals surface area contributed by atoms with E-state index in [9.17, 15) is 14.9 Å². The van der Waals surface area contributed by atoms with Crippen molar-refractivity contribution < 1.29 is 9.72 Å². The number of hydrogen-bond donors (Lipinski definition) is 1. The molecule has 0 atom stereocenters. The summed E-state index contributed by atoms with van der Waals surface area (Å²) in [4.78, 5) is 22.7. The minimum absolute atomic E-state index is 0.0134. The molecule has 0 saturated carbocycles. The molecule has 2 heterocycles. The fourth-order valence-electron chi connectivity index (χ4n) is 3.03. The van der Waals surface area contributed by atoms with Crippen LogP contribution in [0, 0.1) is 17.0 Å². The van der Waals surface area contributed by atoms with Gasteiger partial charge >= 0.3 is 0 Å². The minimum atomic E-state index is -0.595. The summed E-state index contributed by atoms with van der Waals surface area (Å²) in [7, 11) is 0. The van der Waals surface area contributed by atoms with Crippen LogP contribution < -0.4 is 5.32 Å². The van der Waals surface area contributed by atoms with Crippen LogP contribution in [-0.2, 0) is 4.79 Å². The van der Waals surface area contributed by atoms with Crippen LogP contribution in [0.1, 0.15) is 5.56 Å². The second kappa shape index (κ2) is 7.69. The van der Waals surface area contributed by atoms with Gasteiger partial charge in [-0.1, -0.05) is 41.6 Å². The third kappa shape index (κ3) is 3.74. The molecule has 0 spiro atoms. The first kappa shape index (κ1) is 19.2. The Morgan fingerprint density at radius 1 is 1.24 bits per heavy atom. The molecule has 2 aromatic carbocycles. The number of aryl methyl sites for hydroxylation is 1. The Hall–Kier alpha value is -3.17. The molecule has 0 fully saturated rings. The molecular weight excluding hydrogens is 414 g/mol. The average Bonchev–Trinajstić information content (AvgIpc) is 3.11. The predicted octanol–water partition coefficient (Wildman–Crippen LogP) is 4.48. The Labute approximate surface area is 174 Å². The number of carbonyl (C=O) groups is 1. The highest BCUT2D eigenvalue weighted by Gasteiger charge is 2.16. The van der Waals surface area contributed by atoms with E-state index >= 15 is 0 Å². The van der Waals surface area contributed by atoms with Gasteiger partial charge in [0.25, 0.3) is 5.69 Å². The van der Waals surface area contributed by atoms with Crippen LogP contribution >= 0.6 is 23.4 Å². The third-order valence-corrected chi connectivity index (χ3v) is 5.58. The van der Waals surface area contributed by atoms with Crippen LogP contribution in [0.15, 0.2) is 53.7 Å². The van der Waals surface area contributed by atoms with Crippen LogP contribution in [-0.4, -0.2) is 31.2 Å². The number of rotatable bonds is 5. The zero-order valence-electron chi connectivity index (χ0n) is 15.1. The van der Waals surface area contributed by atoms with Crippen molar-refractivity contribution in [3.8, 4) is 0 Å². The fraction of sp³-hybridized carbons (Fsp3) is 0.105. The molecule has 0 radical (unpaired) electrons. The van der Waals surface area contributed by atoms with Gasteiger partial charge in [0, 0.05) is 17.1 Å². The number of nitro groups is 1. The Morgan fingerprint density at radius 2 is 2.03 bits per heavy atom. The summed E-state index contributed by atoms with van der Waals surface area (Å²) in [5.41, 5.74) is 2.81. The number of pyridine rings is 1.